The number of alkyl halides is 3. The van der Waals surface area contributed by atoms with Gasteiger partial charge in [-0.05, 0) is 38.5 Å². The lowest BCUT2D eigenvalue weighted by Gasteiger charge is -2.23. The van der Waals surface area contributed by atoms with Gasteiger partial charge in [0.05, 0.1) is 11.7 Å². The van der Waals surface area contributed by atoms with Gasteiger partial charge in [0.2, 0.25) is 0 Å². The van der Waals surface area contributed by atoms with Crippen molar-refractivity contribution < 1.29 is 22.7 Å². The fourth-order valence-corrected chi connectivity index (χ4v) is 1.49. The fraction of sp³-hybridized carbons (Fsp3) is 0.538. The van der Waals surface area contributed by atoms with E-state index >= 15 is 0 Å². The van der Waals surface area contributed by atoms with Crippen molar-refractivity contribution in [2.24, 2.45) is 0 Å². The third-order valence-electron chi connectivity index (χ3n) is 2.51. The Kier molecular flexibility index (Phi) is 4.58. The maximum atomic E-state index is 13.1. The molecule has 0 bridgehead atoms. The highest BCUT2D eigenvalue weighted by Crippen LogP contribution is 2.33. The minimum Gasteiger partial charge on any atom is -0.387 e. The van der Waals surface area contributed by atoms with Crippen LogP contribution >= 0.6 is 0 Å². The van der Waals surface area contributed by atoms with E-state index in [4.69, 9.17) is 0 Å². The Morgan fingerprint density at radius 3 is 2.26 bits per heavy atom. The Hall–Kier alpha value is -1.14. The van der Waals surface area contributed by atoms with E-state index in [1.165, 1.54) is 0 Å². The SMILES string of the molecule is CC(C)(C)NCC(O)c1ccc(F)c(C(F)(F)F)c1. The quantitative estimate of drug-likeness (QED) is 0.832. The molecule has 108 valence electrons. The molecule has 0 aliphatic rings. The minimum atomic E-state index is -4.77. The summed E-state index contributed by atoms with van der Waals surface area (Å²) in [5.41, 5.74) is -1.60. The largest absolute Gasteiger partial charge is 0.419 e. The zero-order chi connectivity index (χ0) is 14.8. The zero-order valence-corrected chi connectivity index (χ0v) is 11.0. The van der Waals surface area contributed by atoms with Gasteiger partial charge in [0, 0.05) is 12.1 Å². The number of aliphatic hydroxyl groups excluding tert-OH is 1. The molecule has 0 spiro atoms. The van der Waals surface area contributed by atoms with Crippen molar-refractivity contribution in [1.82, 2.24) is 5.32 Å². The number of benzene rings is 1. The second kappa shape index (κ2) is 5.46. The van der Waals surface area contributed by atoms with E-state index in [1.54, 1.807) is 0 Å². The highest BCUT2D eigenvalue weighted by atomic mass is 19.4. The van der Waals surface area contributed by atoms with E-state index in [0.717, 1.165) is 12.1 Å². The van der Waals surface area contributed by atoms with Crippen LogP contribution in [0.15, 0.2) is 18.2 Å². The molecule has 19 heavy (non-hydrogen) atoms. The Morgan fingerprint density at radius 2 is 1.79 bits per heavy atom. The molecule has 0 aliphatic carbocycles. The molecule has 6 heteroatoms. The van der Waals surface area contributed by atoms with Crippen LogP contribution in [0.25, 0.3) is 0 Å². The van der Waals surface area contributed by atoms with E-state index in [0.29, 0.717) is 6.07 Å². The zero-order valence-electron chi connectivity index (χ0n) is 11.0. The van der Waals surface area contributed by atoms with Gasteiger partial charge >= 0.3 is 6.18 Å². The van der Waals surface area contributed by atoms with E-state index in [2.05, 4.69) is 5.32 Å². The standard InChI is InChI=1S/C13H17F4NO/c1-12(2,3)18-7-11(19)8-4-5-10(14)9(6-8)13(15,16)17/h4-6,11,18-19H,7H2,1-3H3. The summed E-state index contributed by atoms with van der Waals surface area (Å²) < 4.78 is 50.7. The number of nitrogens with one attached hydrogen (secondary N) is 1. The summed E-state index contributed by atoms with van der Waals surface area (Å²) in [7, 11) is 0. The Labute approximate surface area is 109 Å². The van der Waals surface area contributed by atoms with Crippen LogP contribution < -0.4 is 5.32 Å². The molecule has 1 unspecified atom stereocenters. The molecule has 2 N–H and O–H groups in total. The highest BCUT2D eigenvalue weighted by Gasteiger charge is 2.34. The van der Waals surface area contributed by atoms with Crippen LogP contribution in [0, 0.1) is 5.82 Å². The summed E-state index contributed by atoms with van der Waals surface area (Å²) in [6.45, 7) is 5.69. The molecule has 0 aliphatic heterocycles. The molecule has 0 radical (unpaired) electrons. The molecular formula is C13H17F4NO. The van der Waals surface area contributed by atoms with Gasteiger partial charge in [-0.1, -0.05) is 6.07 Å². The molecule has 0 amide bonds. The first-order chi connectivity index (χ1) is 8.50. The topological polar surface area (TPSA) is 32.3 Å². The predicted octanol–water partition coefficient (Wildman–Crippen LogP) is 3.27. The van der Waals surface area contributed by atoms with Crippen LogP contribution in [0.1, 0.15) is 38.0 Å². The smallest absolute Gasteiger partial charge is 0.387 e. The predicted molar refractivity (Wildman–Crippen MR) is 64.1 cm³/mol. The normalized spacial score (nSPS) is 14.5. The van der Waals surface area contributed by atoms with E-state index in [9.17, 15) is 22.7 Å². The molecule has 0 saturated heterocycles. The average Bonchev–Trinajstić information content (AvgIpc) is 2.24. The number of halogens is 4. The van der Waals surface area contributed by atoms with Crippen molar-refractivity contribution in [3.63, 3.8) is 0 Å². The van der Waals surface area contributed by atoms with Crippen LogP contribution in [0.2, 0.25) is 0 Å². The van der Waals surface area contributed by atoms with Crippen LogP contribution in [0.4, 0.5) is 17.6 Å². The van der Waals surface area contributed by atoms with Crippen LogP contribution in [-0.2, 0) is 6.18 Å². The highest BCUT2D eigenvalue weighted by molar-refractivity contribution is 5.29. The van der Waals surface area contributed by atoms with Crippen molar-refractivity contribution in [3.05, 3.63) is 35.1 Å². The summed E-state index contributed by atoms with van der Waals surface area (Å²) in [6.07, 6.45) is -5.89. The van der Waals surface area contributed by atoms with Gasteiger partial charge in [-0.2, -0.15) is 13.2 Å². The van der Waals surface area contributed by atoms with Gasteiger partial charge < -0.3 is 10.4 Å². The van der Waals surface area contributed by atoms with Crippen molar-refractivity contribution in [2.45, 2.75) is 38.6 Å². The monoisotopic (exact) mass is 279 g/mol. The summed E-state index contributed by atoms with van der Waals surface area (Å²) in [6, 6.07) is 2.52. The minimum absolute atomic E-state index is 0.0328. The number of hydrogen-bond acceptors (Lipinski definition) is 2. The van der Waals surface area contributed by atoms with Crippen molar-refractivity contribution >= 4 is 0 Å². The molecule has 2 nitrogen and oxygen atoms in total. The molecule has 0 saturated carbocycles. The second-order valence-corrected chi connectivity index (χ2v) is 5.38. The van der Waals surface area contributed by atoms with Crippen molar-refractivity contribution in [2.75, 3.05) is 6.54 Å². The first kappa shape index (κ1) is 15.9. The molecule has 0 fully saturated rings. The summed E-state index contributed by atoms with van der Waals surface area (Å²) in [4.78, 5) is 0. The second-order valence-electron chi connectivity index (χ2n) is 5.38. The number of β-amino-alcohol motifs (C(OH)–C–C–N with tert-alkyl or cyclic N) is 1. The molecule has 1 atom stereocenters. The Balaban J connectivity index is 2.90. The third-order valence-corrected chi connectivity index (χ3v) is 2.51. The van der Waals surface area contributed by atoms with Gasteiger partial charge in [0.1, 0.15) is 5.82 Å². The lowest BCUT2D eigenvalue weighted by Crippen LogP contribution is -2.38. The first-order valence-electron chi connectivity index (χ1n) is 5.80. The van der Waals surface area contributed by atoms with Gasteiger partial charge in [-0.3, -0.25) is 0 Å². The number of rotatable bonds is 3. The first-order valence-corrected chi connectivity index (χ1v) is 5.80. The molecule has 1 aromatic carbocycles. The van der Waals surface area contributed by atoms with E-state index in [1.807, 2.05) is 20.8 Å². The lowest BCUT2D eigenvalue weighted by atomic mass is 10.0. The van der Waals surface area contributed by atoms with Crippen LogP contribution in [0.3, 0.4) is 0 Å². The van der Waals surface area contributed by atoms with Gasteiger partial charge in [0.25, 0.3) is 0 Å². The third kappa shape index (κ3) is 4.80. The van der Waals surface area contributed by atoms with Crippen molar-refractivity contribution in [1.29, 1.82) is 0 Å². The maximum absolute atomic E-state index is 13.1. The fourth-order valence-electron chi connectivity index (χ4n) is 1.49. The molecule has 1 aromatic rings. The number of aliphatic hydroxyl groups is 1. The van der Waals surface area contributed by atoms with Crippen LogP contribution in [0.5, 0.6) is 0 Å². The van der Waals surface area contributed by atoms with Gasteiger partial charge in [-0.15, -0.1) is 0 Å². The molecule has 0 heterocycles. The number of hydrogen-bond donors (Lipinski definition) is 2. The lowest BCUT2D eigenvalue weighted by molar-refractivity contribution is -0.140. The summed E-state index contributed by atoms with van der Waals surface area (Å²) >= 11 is 0. The molecule has 0 aromatic heterocycles. The van der Waals surface area contributed by atoms with Gasteiger partial charge in [-0.25, -0.2) is 4.39 Å². The molecule has 1 rings (SSSR count). The Morgan fingerprint density at radius 1 is 1.21 bits per heavy atom. The average molecular weight is 279 g/mol. The van der Waals surface area contributed by atoms with Gasteiger partial charge in [0.15, 0.2) is 0 Å². The van der Waals surface area contributed by atoms with Crippen LogP contribution in [-0.4, -0.2) is 17.2 Å². The summed E-state index contributed by atoms with van der Waals surface area (Å²) in [5.74, 6) is -1.34. The van der Waals surface area contributed by atoms with E-state index < -0.39 is 23.7 Å². The maximum Gasteiger partial charge on any atom is 0.419 e. The summed E-state index contributed by atoms with van der Waals surface area (Å²) in [5, 5.41) is 12.8. The molecular weight excluding hydrogens is 262 g/mol. The Bertz CT molecular complexity index is 437. The van der Waals surface area contributed by atoms with E-state index in [-0.39, 0.29) is 17.6 Å². The van der Waals surface area contributed by atoms with Crippen molar-refractivity contribution in [3.8, 4) is 0 Å².